The van der Waals surface area contributed by atoms with Crippen LogP contribution in [0.1, 0.15) is 26.0 Å². The van der Waals surface area contributed by atoms with Gasteiger partial charge in [-0.05, 0) is 43.6 Å². The zero-order chi connectivity index (χ0) is 11.1. The maximum atomic E-state index is 5.67. The normalized spacial score (nSPS) is 13.0. The molecule has 0 amide bonds. The smallest absolute Gasteiger partial charge is 0.193 e. The van der Waals surface area contributed by atoms with E-state index in [0.29, 0.717) is 11.3 Å². The summed E-state index contributed by atoms with van der Waals surface area (Å²) in [5, 5.41) is 7.16. The van der Waals surface area contributed by atoms with Crippen LogP contribution in [0.5, 0.6) is 0 Å². The van der Waals surface area contributed by atoms with Gasteiger partial charge in [0.25, 0.3) is 0 Å². The lowest BCUT2D eigenvalue weighted by Crippen LogP contribution is -2.36. The predicted molar refractivity (Wildman–Crippen MR) is 63.2 cm³/mol. The number of rotatable bonds is 7. The summed E-state index contributed by atoms with van der Waals surface area (Å²) in [7, 11) is 0. The SMILES string of the molecule is CCCNCC(C)NCc1ccc(Cl)o1. The third-order valence-corrected chi connectivity index (χ3v) is 2.33. The Morgan fingerprint density at radius 1 is 1.47 bits per heavy atom. The second-order valence-corrected chi connectivity index (χ2v) is 4.06. The molecule has 0 bridgehead atoms. The Labute approximate surface area is 96.2 Å². The third-order valence-electron chi connectivity index (χ3n) is 2.13. The van der Waals surface area contributed by atoms with Crippen LogP contribution in [-0.4, -0.2) is 19.1 Å². The molecule has 0 spiro atoms. The van der Waals surface area contributed by atoms with Gasteiger partial charge >= 0.3 is 0 Å². The highest BCUT2D eigenvalue weighted by Gasteiger charge is 2.03. The van der Waals surface area contributed by atoms with Gasteiger partial charge < -0.3 is 15.1 Å². The minimum atomic E-state index is 0.431. The number of nitrogens with one attached hydrogen (secondary N) is 2. The molecule has 1 heterocycles. The molecular formula is C11H19ClN2O. The van der Waals surface area contributed by atoms with E-state index in [9.17, 15) is 0 Å². The summed E-state index contributed by atoms with van der Waals surface area (Å²) in [6, 6.07) is 4.08. The van der Waals surface area contributed by atoms with Crippen LogP contribution >= 0.6 is 11.6 Å². The molecule has 1 rings (SSSR count). The highest BCUT2D eigenvalue weighted by Crippen LogP contribution is 2.12. The Kier molecular flexibility index (Phi) is 5.76. The van der Waals surface area contributed by atoms with E-state index in [1.165, 1.54) is 6.42 Å². The van der Waals surface area contributed by atoms with Crippen LogP contribution in [0.2, 0.25) is 5.22 Å². The van der Waals surface area contributed by atoms with Gasteiger partial charge in [-0.1, -0.05) is 6.92 Å². The molecule has 0 fully saturated rings. The molecule has 1 aromatic rings. The predicted octanol–water partition coefficient (Wildman–Crippen LogP) is 2.41. The molecule has 0 aliphatic heterocycles. The van der Waals surface area contributed by atoms with Crippen molar-refractivity contribution < 1.29 is 4.42 Å². The first-order valence-electron chi connectivity index (χ1n) is 5.40. The fraction of sp³-hybridized carbons (Fsp3) is 0.636. The number of furan rings is 1. The fourth-order valence-corrected chi connectivity index (χ4v) is 1.45. The Morgan fingerprint density at radius 2 is 2.27 bits per heavy atom. The molecule has 4 heteroatoms. The molecule has 0 aliphatic rings. The van der Waals surface area contributed by atoms with Gasteiger partial charge in [-0.2, -0.15) is 0 Å². The van der Waals surface area contributed by atoms with Gasteiger partial charge in [-0.15, -0.1) is 0 Å². The van der Waals surface area contributed by atoms with Crippen molar-refractivity contribution in [1.82, 2.24) is 10.6 Å². The van der Waals surface area contributed by atoms with E-state index < -0.39 is 0 Å². The first kappa shape index (κ1) is 12.6. The lowest BCUT2D eigenvalue weighted by Gasteiger charge is -2.13. The molecule has 2 N–H and O–H groups in total. The second-order valence-electron chi connectivity index (χ2n) is 3.69. The van der Waals surface area contributed by atoms with Gasteiger partial charge in [0.05, 0.1) is 6.54 Å². The molecule has 1 aromatic heterocycles. The topological polar surface area (TPSA) is 37.2 Å². The lowest BCUT2D eigenvalue weighted by atomic mass is 10.3. The van der Waals surface area contributed by atoms with Gasteiger partial charge in [0.2, 0.25) is 0 Å². The van der Waals surface area contributed by atoms with Crippen LogP contribution in [0, 0.1) is 0 Å². The monoisotopic (exact) mass is 230 g/mol. The Bertz CT molecular complexity index is 275. The Balaban J connectivity index is 2.13. The number of halogens is 1. The first-order valence-corrected chi connectivity index (χ1v) is 5.78. The van der Waals surface area contributed by atoms with Crippen molar-refractivity contribution in [1.29, 1.82) is 0 Å². The van der Waals surface area contributed by atoms with Crippen LogP contribution in [0.25, 0.3) is 0 Å². The third kappa shape index (κ3) is 5.21. The van der Waals surface area contributed by atoms with Crippen LogP contribution < -0.4 is 10.6 Å². The van der Waals surface area contributed by atoms with E-state index >= 15 is 0 Å². The molecule has 3 nitrogen and oxygen atoms in total. The summed E-state index contributed by atoms with van der Waals surface area (Å²) >= 11 is 5.67. The average Bonchev–Trinajstić information content (AvgIpc) is 2.62. The summed E-state index contributed by atoms with van der Waals surface area (Å²) in [6.45, 7) is 7.08. The van der Waals surface area contributed by atoms with Crippen molar-refractivity contribution in [3.8, 4) is 0 Å². The van der Waals surface area contributed by atoms with Crippen molar-refractivity contribution in [3.05, 3.63) is 23.1 Å². The minimum Gasteiger partial charge on any atom is -0.448 e. The molecule has 15 heavy (non-hydrogen) atoms. The zero-order valence-electron chi connectivity index (χ0n) is 9.35. The molecule has 0 radical (unpaired) electrons. The molecule has 1 atom stereocenters. The van der Waals surface area contributed by atoms with Crippen molar-refractivity contribution in [2.24, 2.45) is 0 Å². The number of hydrogen-bond donors (Lipinski definition) is 2. The van der Waals surface area contributed by atoms with E-state index in [-0.39, 0.29) is 0 Å². The maximum absolute atomic E-state index is 5.67. The van der Waals surface area contributed by atoms with Gasteiger partial charge in [-0.3, -0.25) is 0 Å². The highest BCUT2D eigenvalue weighted by atomic mass is 35.5. The van der Waals surface area contributed by atoms with Gasteiger partial charge in [-0.25, -0.2) is 0 Å². The summed E-state index contributed by atoms with van der Waals surface area (Å²) in [4.78, 5) is 0. The zero-order valence-corrected chi connectivity index (χ0v) is 10.1. The molecule has 0 saturated heterocycles. The fourth-order valence-electron chi connectivity index (χ4n) is 1.29. The summed E-state index contributed by atoms with van der Waals surface area (Å²) in [5.41, 5.74) is 0. The Morgan fingerprint density at radius 3 is 2.87 bits per heavy atom. The summed E-state index contributed by atoms with van der Waals surface area (Å²) in [5.74, 6) is 0.877. The van der Waals surface area contributed by atoms with Crippen LogP contribution in [0.15, 0.2) is 16.5 Å². The van der Waals surface area contributed by atoms with E-state index in [1.807, 2.05) is 6.07 Å². The van der Waals surface area contributed by atoms with Gasteiger partial charge in [0.1, 0.15) is 5.76 Å². The summed E-state index contributed by atoms with van der Waals surface area (Å²) < 4.78 is 5.24. The number of hydrogen-bond acceptors (Lipinski definition) is 3. The second kappa shape index (κ2) is 6.88. The van der Waals surface area contributed by atoms with Crippen molar-refractivity contribution in [2.75, 3.05) is 13.1 Å². The van der Waals surface area contributed by atoms with Crippen LogP contribution in [0.4, 0.5) is 0 Å². The van der Waals surface area contributed by atoms with E-state index in [1.54, 1.807) is 6.07 Å². The summed E-state index contributed by atoms with van der Waals surface area (Å²) in [6.07, 6.45) is 1.17. The largest absolute Gasteiger partial charge is 0.448 e. The van der Waals surface area contributed by atoms with Crippen molar-refractivity contribution in [2.45, 2.75) is 32.9 Å². The quantitative estimate of drug-likeness (QED) is 0.707. The lowest BCUT2D eigenvalue weighted by molar-refractivity contribution is 0.443. The van der Waals surface area contributed by atoms with Crippen LogP contribution in [-0.2, 0) is 6.54 Å². The van der Waals surface area contributed by atoms with E-state index in [0.717, 1.165) is 25.4 Å². The first-order chi connectivity index (χ1) is 7.22. The maximum Gasteiger partial charge on any atom is 0.193 e. The molecule has 0 aromatic carbocycles. The standard InChI is InChI=1S/C11H19ClN2O/c1-3-6-13-7-9(2)14-8-10-4-5-11(12)15-10/h4-5,9,13-14H,3,6-8H2,1-2H3. The van der Waals surface area contributed by atoms with Gasteiger partial charge in [0.15, 0.2) is 5.22 Å². The van der Waals surface area contributed by atoms with Gasteiger partial charge in [0, 0.05) is 12.6 Å². The van der Waals surface area contributed by atoms with Crippen molar-refractivity contribution >= 4 is 11.6 Å². The van der Waals surface area contributed by atoms with E-state index in [2.05, 4.69) is 24.5 Å². The Hall–Kier alpha value is -0.510. The average molecular weight is 231 g/mol. The molecule has 1 unspecified atom stereocenters. The highest BCUT2D eigenvalue weighted by molar-refractivity contribution is 6.28. The molecule has 0 saturated carbocycles. The molecular weight excluding hydrogens is 212 g/mol. The van der Waals surface area contributed by atoms with Crippen molar-refractivity contribution in [3.63, 3.8) is 0 Å². The minimum absolute atomic E-state index is 0.431. The molecule has 0 aliphatic carbocycles. The van der Waals surface area contributed by atoms with E-state index in [4.69, 9.17) is 16.0 Å². The van der Waals surface area contributed by atoms with Crippen LogP contribution in [0.3, 0.4) is 0 Å². The molecule has 86 valence electrons.